The maximum absolute atomic E-state index is 13.8. The molecule has 0 aliphatic carbocycles. The molecule has 252 valence electrons. The Morgan fingerprint density at radius 3 is 1.54 bits per heavy atom. The fourth-order valence-corrected chi connectivity index (χ4v) is 5.73. The molecule has 8 atom stereocenters. The van der Waals surface area contributed by atoms with Crippen molar-refractivity contribution in [1.82, 2.24) is 45.2 Å². The number of rotatable bonds is 8. The molecule has 2 saturated heterocycles. The van der Waals surface area contributed by atoms with Crippen molar-refractivity contribution in [3.05, 3.63) is 24.8 Å². The Bertz CT molecular complexity index is 1710. The van der Waals surface area contributed by atoms with Crippen LogP contribution in [0.25, 0.3) is 22.3 Å². The number of aromatic nitrogens is 8. The van der Waals surface area contributed by atoms with Gasteiger partial charge in [0.1, 0.15) is 24.4 Å². The van der Waals surface area contributed by atoms with E-state index in [9.17, 15) is 48.9 Å². The molecule has 4 aromatic rings. The van der Waals surface area contributed by atoms with E-state index in [1.54, 1.807) is 0 Å². The highest BCUT2D eigenvalue weighted by Gasteiger charge is 2.59. The van der Waals surface area contributed by atoms with Crippen LogP contribution in [-0.4, -0.2) is 125 Å². The Balaban J connectivity index is 0.00000417. The number of aliphatic hydroxyl groups excluding tert-OH is 4. The largest absolute Gasteiger partial charge is 0.472 e. The molecule has 0 radical (unpaired) electrons. The van der Waals surface area contributed by atoms with E-state index in [4.69, 9.17) is 30.0 Å². The number of fused-ring (bicyclic) bond motifs is 2. The van der Waals surface area contributed by atoms with Crippen molar-refractivity contribution in [2.24, 2.45) is 0 Å². The molecular formula is C20H26F2N11O12P. The van der Waals surface area contributed by atoms with Gasteiger partial charge in [-0.2, -0.15) is 28.7 Å². The third-order valence-corrected chi connectivity index (χ3v) is 8.23. The summed E-state index contributed by atoms with van der Waals surface area (Å²) in [6.07, 6.45) is -13.0. The van der Waals surface area contributed by atoms with Crippen LogP contribution >= 0.6 is 7.82 Å². The summed E-state index contributed by atoms with van der Waals surface area (Å²) in [5.74, 6) is -0.816. The van der Waals surface area contributed by atoms with Crippen LogP contribution in [0.5, 0.6) is 0 Å². The summed E-state index contributed by atoms with van der Waals surface area (Å²) in [5.41, 5.74) is 4.42. The summed E-state index contributed by atoms with van der Waals surface area (Å²) >= 11 is 0. The second-order valence-corrected chi connectivity index (χ2v) is 11.4. The van der Waals surface area contributed by atoms with Crippen LogP contribution in [-0.2, 0) is 34.5 Å². The SMILES string of the molecule is N.Nc1nc(F)nc2c1ncn2[C@]1(O)[C@H](O)[C@@H](COP(=O)(O)OC[C@H]2O[C@H](O)[C@](O)(n3cnc4c(N)nc(F)nc43)[C@@H]2O)O[C@@H]1O. The number of phosphoric acid groups is 1. The Kier molecular flexibility index (Phi) is 8.44. The van der Waals surface area contributed by atoms with E-state index in [-0.39, 0.29) is 17.2 Å². The number of aliphatic hydroxyl groups is 6. The van der Waals surface area contributed by atoms with Gasteiger partial charge in [-0.05, 0) is 0 Å². The summed E-state index contributed by atoms with van der Waals surface area (Å²) in [6.45, 7) is -2.00. The predicted molar refractivity (Wildman–Crippen MR) is 140 cm³/mol. The lowest BCUT2D eigenvalue weighted by Gasteiger charge is -2.30. The molecule has 6 rings (SSSR count). The highest BCUT2D eigenvalue weighted by Crippen LogP contribution is 2.47. The van der Waals surface area contributed by atoms with Crippen LogP contribution < -0.4 is 17.6 Å². The van der Waals surface area contributed by atoms with Crippen molar-refractivity contribution in [2.45, 2.75) is 48.4 Å². The van der Waals surface area contributed by atoms with Crippen LogP contribution in [0.3, 0.4) is 0 Å². The van der Waals surface area contributed by atoms with Gasteiger partial charge in [0.15, 0.2) is 34.0 Å². The van der Waals surface area contributed by atoms with Crippen LogP contribution in [0.1, 0.15) is 0 Å². The van der Waals surface area contributed by atoms with Crippen LogP contribution in [0, 0.1) is 12.2 Å². The fraction of sp³-hybridized carbons (Fsp3) is 0.500. The van der Waals surface area contributed by atoms with Gasteiger partial charge in [-0.15, -0.1) is 0 Å². The molecule has 2 fully saturated rings. The molecule has 0 saturated carbocycles. The van der Waals surface area contributed by atoms with Gasteiger partial charge in [0.25, 0.3) is 0 Å². The predicted octanol–water partition coefficient (Wildman–Crippen LogP) is -4.15. The fourth-order valence-electron chi connectivity index (χ4n) is 4.99. The lowest BCUT2D eigenvalue weighted by Crippen LogP contribution is -2.50. The zero-order valence-corrected chi connectivity index (χ0v) is 23.7. The van der Waals surface area contributed by atoms with E-state index in [0.29, 0.717) is 9.13 Å². The van der Waals surface area contributed by atoms with Crippen molar-refractivity contribution < 1.29 is 67.4 Å². The van der Waals surface area contributed by atoms with Crippen molar-refractivity contribution >= 4 is 41.8 Å². The second kappa shape index (κ2) is 11.5. The summed E-state index contributed by atoms with van der Waals surface area (Å²) in [5, 5.41) is 64.6. The highest BCUT2D eigenvalue weighted by atomic mass is 31.2. The highest BCUT2D eigenvalue weighted by molar-refractivity contribution is 7.47. The first kappa shape index (κ1) is 33.7. The molecule has 0 aromatic carbocycles. The maximum atomic E-state index is 13.8. The minimum Gasteiger partial charge on any atom is -0.385 e. The molecule has 23 nitrogen and oxygen atoms in total. The van der Waals surface area contributed by atoms with Crippen molar-refractivity contribution in [2.75, 3.05) is 24.7 Å². The monoisotopic (exact) mass is 681 g/mol. The Morgan fingerprint density at radius 1 is 0.804 bits per heavy atom. The second-order valence-electron chi connectivity index (χ2n) is 9.90. The average molecular weight is 681 g/mol. The number of anilines is 2. The van der Waals surface area contributed by atoms with Crippen molar-refractivity contribution in [3.8, 4) is 0 Å². The quantitative estimate of drug-likeness (QED) is 0.0623. The molecule has 26 heteroatoms. The van der Waals surface area contributed by atoms with Gasteiger partial charge in [0, 0.05) is 0 Å². The maximum Gasteiger partial charge on any atom is 0.472 e. The van der Waals surface area contributed by atoms with Gasteiger partial charge < -0.3 is 62.6 Å². The minimum absolute atomic E-state index is 0. The summed E-state index contributed by atoms with van der Waals surface area (Å²) < 4.78 is 61.2. The van der Waals surface area contributed by atoms with Gasteiger partial charge in [0.05, 0.1) is 25.9 Å². The van der Waals surface area contributed by atoms with Gasteiger partial charge in [-0.25, -0.2) is 14.5 Å². The molecule has 2 aliphatic rings. The summed E-state index contributed by atoms with van der Waals surface area (Å²) in [4.78, 5) is 31.3. The molecule has 6 heterocycles. The average Bonchev–Trinajstić information content (AvgIpc) is 3.69. The zero-order chi connectivity index (χ0) is 32.6. The third-order valence-electron chi connectivity index (χ3n) is 7.28. The van der Waals surface area contributed by atoms with Gasteiger partial charge in [-0.3, -0.25) is 18.2 Å². The molecule has 14 N–H and O–H groups in total. The number of hydrogen-bond acceptors (Lipinski definition) is 20. The summed E-state index contributed by atoms with van der Waals surface area (Å²) in [6, 6.07) is 0. The molecule has 0 bridgehead atoms. The van der Waals surface area contributed by atoms with Crippen molar-refractivity contribution in [1.29, 1.82) is 0 Å². The number of imidazole rings is 2. The standard InChI is InChI=1S/C20H23F2N10O12P.H3N/c21-17-27-11(23)7-13(29-17)31(3-25-7)19(37)9(33)5(43-15(19)35)1-41-45(39,40)42-2-6-10(34)20(38,16(36)44-6)32-4-26-8-12(24)28-18(22)30-14(8)32;/h3-6,9-10,15-16,33-38H,1-2H2,(H,39,40)(H2,23,27,29)(H2,24,28,30);1H3/t5-,6-,9-,10-,15+,16+,19+,20+;/m1./s1. The first-order valence-corrected chi connectivity index (χ1v) is 14.0. The number of nitrogens with two attached hydrogens (primary N) is 2. The Morgan fingerprint density at radius 2 is 1.17 bits per heavy atom. The van der Waals surface area contributed by atoms with E-state index >= 15 is 0 Å². The lowest BCUT2D eigenvalue weighted by molar-refractivity contribution is -0.216. The Labute approximate surface area is 252 Å². The van der Waals surface area contributed by atoms with Gasteiger partial charge >= 0.3 is 20.0 Å². The first-order valence-electron chi connectivity index (χ1n) is 12.5. The normalized spacial score (nSPS) is 31.6. The van der Waals surface area contributed by atoms with Gasteiger partial charge in [0.2, 0.25) is 24.0 Å². The van der Waals surface area contributed by atoms with E-state index in [0.717, 1.165) is 12.7 Å². The van der Waals surface area contributed by atoms with E-state index in [1.807, 2.05) is 0 Å². The van der Waals surface area contributed by atoms with E-state index in [1.165, 1.54) is 0 Å². The third kappa shape index (κ3) is 5.12. The number of halogens is 2. The number of phosphoric ester groups is 1. The lowest BCUT2D eigenvalue weighted by atomic mass is 10.0. The molecule has 0 amide bonds. The zero-order valence-electron chi connectivity index (χ0n) is 22.8. The van der Waals surface area contributed by atoms with E-state index in [2.05, 4.69) is 29.9 Å². The molecule has 4 aromatic heterocycles. The van der Waals surface area contributed by atoms with Gasteiger partial charge in [-0.1, -0.05) is 0 Å². The van der Waals surface area contributed by atoms with Crippen LogP contribution in [0.15, 0.2) is 12.7 Å². The summed E-state index contributed by atoms with van der Waals surface area (Å²) in [7, 11) is -5.12. The number of nitrogens with zero attached hydrogens (tertiary/aromatic N) is 8. The smallest absolute Gasteiger partial charge is 0.385 e. The van der Waals surface area contributed by atoms with E-state index < -0.39 is 105 Å². The topological polar surface area (TPSA) is 370 Å². The molecule has 0 spiro atoms. The molecular weight excluding hydrogens is 655 g/mol. The van der Waals surface area contributed by atoms with Crippen molar-refractivity contribution in [3.63, 3.8) is 0 Å². The number of nitrogen functional groups attached to an aromatic ring is 2. The Hall–Kier alpha value is -3.69. The molecule has 46 heavy (non-hydrogen) atoms. The number of ether oxygens (including phenoxy) is 2. The first-order chi connectivity index (χ1) is 21.1. The van der Waals surface area contributed by atoms with Crippen LogP contribution in [0.2, 0.25) is 0 Å². The van der Waals surface area contributed by atoms with Crippen LogP contribution in [0.4, 0.5) is 20.4 Å². The molecule has 0 unspecified atom stereocenters. The number of hydrogen-bond donors (Lipinski definition) is 10. The minimum atomic E-state index is -5.12. The molecule has 2 aliphatic heterocycles.